The topological polar surface area (TPSA) is 105 Å². The molecule has 0 aliphatic heterocycles. The summed E-state index contributed by atoms with van der Waals surface area (Å²) in [5.41, 5.74) is 0. The number of carboxylic acid groups (broad SMARTS) is 1. The van der Waals surface area contributed by atoms with Gasteiger partial charge in [-0.2, -0.15) is 0 Å². The van der Waals surface area contributed by atoms with Gasteiger partial charge in [0.1, 0.15) is 17.5 Å². The van der Waals surface area contributed by atoms with Gasteiger partial charge >= 0.3 is 5.97 Å². The normalized spacial score (nSPS) is 11.5. The molecule has 1 aromatic carbocycles. The Bertz CT molecular complexity index is 430. The Morgan fingerprint density at radius 3 is 2.32 bits per heavy atom. The Labute approximate surface area is 109 Å². The lowest BCUT2D eigenvalue weighted by atomic mass is 10.3. The van der Waals surface area contributed by atoms with Crippen molar-refractivity contribution in [2.24, 2.45) is 0 Å². The molecule has 7 heteroatoms. The van der Waals surface area contributed by atoms with Crippen molar-refractivity contribution in [2.75, 3.05) is 20.3 Å². The molecule has 0 radical (unpaired) electrons. The second-order valence-electron chi connectivity index (χ2n) is 3.61. The molecule has 0 aliphatic rings. The zero-order valence-electron chi connectivity index (χ0n) is 10.3. The lowest BCUT2D eigenvalue weighted by Crippen LogP contribution is -2.45. The Morgan fingerprint density at radius 1 is 1.26 bits per heavy atom. The number of carbonyl (C=O) groups is 2. The van der Waals surface area contributed by atoms with Crippen molar-refractivity contribution < 1.29 is 29.3 Å². The zero-order valence-corrected chi connectivity index (χ0v) is 10.3. The number of nitrogens with one attached hydrogen (secondary N) is 1. The van der Waals surface area contributed by atoms with Crippen LogP contribution in [0.5, 0.6) is 11.5 Å². The van der Waals surface area contributed by atoms with Crippen LogP contribution in [0.4, 0.5) is 0 Å². The van der Waals surface area contributed by atoms with Gasteiger partial charge in [0.2, 0.25) is 0 Å². The predicted octanol–water partition coefficient (Wildman–Crippen LogP) is -0.364. The molecule has 0 bridgehead atoms. The summed E-state index contributed by atoms with van der Waals surface area (Å²) in [4.78, 5) is 22.0. The minimum atomic E-state index is -1.33. The fourth-order valence-corrected chi connectivity index (χ4v) is 1.24. The highest BCUT2D eigenvalue weighted by Crippen LogP contribution is 2.16. The van der Waals surface area contributed by atoms with E-state index in [1.807, 2.05) is 0 Å². The van der Waals surface area contributed by atoms with E-state index in [1.165, 1.54) is 7.11 Å². The molecule has 0 spiro atoms. The van der Waals surface area contributed by atoms with Gasteiger partial charge < -0.3 is 25.0 Å². The molecule has 7 nitrogen and oxygen atoms in total. The van der Waals surface area contributed by atoms with E-state index in [0.29, 0.717) is 11.5 Å². The largest absolute Gasteiger partial charge is 0.497 e. The number of aliphatic carboxylic acids is 1. The maximum Gasteiger partial charge on any atom is 0.328 e. The van der Waals surface area contributed by atoms with Gasteiger partial charge in [0, 0.05) is 0 Å². The number of rotatable bonds is 7. The van der Waals surface area contributed by atoms with Crippen molar-refractivity contribution >= 4 is 11.9 Å². The quantitative estimate of drug-likeness (QED) is 0.624. The van der Waals surface area contributed by atoms with Crippen LogP contribution in [0.2, 0.25) is 0 Å². The van der Waals surface area contributed by atoms with Crippen LogP contribution < -0.4 is 14.8 Å². The summed E-state index contributed by atoms with van der Waals surface area (Å²) in [5, 5.41) is 19.5. The number of aliphatic hydroxyl groups is 1. The standard InChI is InChI=1S/C12H15NO6/c1-18-8-2-4-9(5-3-8)19-7-11(15)13-10(6-14)12(16)17/h2-5,10,14H,6-7H2,1H3,(H,13,15)(H,16,17)/t10-/m0/s1. The highest BCUT2D eigenvalue weighted by Gasteiger charge is 2.18. The minimum absolute atomic E-state index is 0.337. The van der Waals surface area contributed by atoms with Crippen molar-refractivity contribution in [3.63, 3.8) is 0 Å². The molecule has 1 atom stereocenters. The third kappa shape index (κ3) is 4.84. The third-order valence-electron chi connectivity index (χ3n) is 2.25. The fraction of sp³-hybridized carbons (Fsp3) is 0.333. The number of amides is 1. The molecule has 1 rings (SSSR count). The van der Waals surface area contributed by atoms with E-state index < -0.39 is 24.5 Å². The number of hydrogen-bond acceptors (Lipinski definition) is 5. The Kier molecular flexibility index (Phi) is 5.62. The molecule has 3 N–H and O–H groups in total. The van der Waals surface area contributed by atoms with Crippen LogP contribution in [0, 0.1) is 0 Å². The predicted molar refractivity (Wildman–Crippen MR) is 65.1 cm³/mol. The SMILES string of the molecule is COc1ccc(OCC(=O)N[C@@H](CO)C(=O)O)cc1. The van der Waals surface area contributed by atoms with E-state index in [4.69, 9.17) is 19.7 Å². The molecular weight excluding hydrogens is 254 g/mol. The molecule has 0 saturated heterocycles. The first-order chi connectivity index (χ1) is 9.06. The molecule has 1 aromatic rings. The Balaban J connectivity index is 2.42. The van der Waals surface area contributed by atoms with Crippen molar-refractivity contribution in [3.8, 4) is 11.5 Å². The van der Waals surface area contributed by atoms with Crippen molar-refractivity contribution in [1.82, 2.24) is 5.32 Å². The van der Waals surface area contributed by atoms with Crippen LogP contribution in [0.3, 0.4) is 0 Å². The number of hydrogen-bond donors (Lipinski definition) is 3. The van der Waals surface area contributed by atoms with E-state index in [1.54, 1.807) is 24.3 Å². The summed E-state index contributed by atoms with van der Waals surface area (Å²) in [6, 6.07) is 5.24. The van der Waals surface area contributed by atoms with E-state index in [2.05, 4.69) is 5.32 Å². The van der Waals surface area contributed by atoms with E-state index in [0.717, 1.165) is 0 Å². The average molecular weight is 269 g/mol. The maximum absolute atomic E-state index is 11.4. The number of ether oxygens (including phenoxy) is 2. The lowest BCUT2D eigenvalue weighted by molar-refractivity contribution is -0.143. The van der Waals surface area contributed by atoms with Gasteiger partial charge in [-0.3, -0.25) is 4.79 Å². The monoisotopic (exact) mass is 269 g/mol. The number of benzene rings is 1. The smallest absolute Gasteiger partial charge is 0.328 e. The molecule has 104 valence electrons. The highest BCUT2D eigenvalue weighted by atomic mass is 16.5. The molecule has 0 fully saturated rings. The molecule has 0 saturated carbocycles. The first-order valence-electron chi connectivity index (χ1n) is 5.46. The summed E-state index contributed by atoms with van der Waals surface area (Å²) >= 11 is 0. The van der Waals surface area contributed by atoms with Crippen LogP contribution in [-0.4, -0.2) is 48.5 Å². The molecule has 0 unspecified atom stereocenters. The summed E-state index contributed by atoms with van der Waals surface area (Å²) in [6.07, 6.45) is 0. The van der Waals surface area contributed by atoms with Crippen LogP contribution in [0.25, 0.3) is 0 Å². The van der Waals surface area contributed by atoms with Crippen LogP contribution in [0.15, 0.2) is 24.3 Å². The first-order valence-corrected chi connectivity index (χ1v) is 5.46. The number of aliphatic hydroxyl groups excluding tert-OH is 1. The van der Waals surface area contributed by atoms with Gasteiger partial charge in [-0.1, -0.05) is 0 Å². The van der Waals surface area contributed by atoms with Crippen molar-refractivity contribution in [2.45, 2.75) is 6.04 Å². The second-order valence-corrected chi connectivity index (χ2v) is 3.61. The van der Waals surface area contributed by atoms with Gasteiger partial charge in [-0.05, 0) is 24.3 Å². The summed E-state index contributed by atoms with van der Waals surface area (Å²) < 4.78 is 10.1. The summed E-state index contributed by atoms with van der Waals surface area (Å²) in [7, 11) is 1.53. The zero-order chi connectivity index (χ0) is 14.3. The molecule has 0 aliphatic carbocycles. The third-order valence-corrected chi connectivity index (χ3v) is 2.25. The number of carbonyl (C=O) groups excluding carboxylic acids is 1. The Morgan fingerprint density at radius 2 is 1.84 bits per heavy atom. The van der Waals surface area contributed by atoms with Crippen molar-refractivity contribution in [3.05, 3.63) is 24.3 Å². The lowest BCUT2D eigenvalue weighted by Gasteiger charge is -2.12. The molecular formula is C12H15NO6. The van der Waals surface area contributed by atoms with Gasteiger partial charge in [0.25, 0.3) is 5.91 Å². The molecule has 0 heterocycles. The number of methoxy groups -OCH3 is 1. The van der Waals surface area contributed by atoms with Gasteiger partial charge in [0.05, 0.1) is 13.7 Å². The summed E-state index contributed by atoms with van der Waals surface area (Å²) in [5.74, 6) is -0.826. The summed E-state index contributed by atoms with van der Waals surface area (Å²) in [6.45, 7) is -1.01. The van der Waals surface area contributed by atoms with Crippen LogP contribution >= 0.6 is 0 Å². The maximum atomic E-state index is 11.4. The van der Waals surface area contributed by atoms with Gasteiger partial charge in [-0.25, -0.2) is 4.79 Å². The van der Waals surface area contributed by atoms with E-state index in [-0.39, 0.29) is 6.61 Å². The van der Waals surface area contributed by atoms with Crippen LogP contribution in [-0.2, 0) is 9.59 Å². The van der Waals surface area contributed by atoms with Gasteiger partial charge in [-0.15, -0.1) is 0 Å². The minimum Gasteiger partial charge on any atom is -0.497 e. The van der Waals surface area contributed by atoms with E-state index >= 15 is 0 Å². The molecule has 1 amide bonds. The number of carboxylic acids is 1. The Hall–Kier alpha value is -2.28. The van der Waals surface area contributed by atoms with Crippen LogP contribution in [0.1, 0.15) is 0 Å². The van der Waals surface area contributed by atoms with E-state index in [9.17, 15) is 9.59 Å². The van der Waals surface area contributed by atoms with Gasteiger partial charge in [0.15, 0.2) is 6.61 Å². The van der Waals surface area contributed by atoms with Crippen molar-refractivity contribution in [1.29, 1.82) is 0 Å². The molecule has 19 heavy (non-hydrogen) atoms. The average Bonchev–Trinajstić information content (AvgIpc) is 2.42. The molecule has 0 aromatic heterocycles. The fourth-order valence-electron chi connectivity index (χ4n) is 1.24. The first kappa shape index (κ1) is 14.8. The highest BCUT2D eigenvalue weighted by molar-refractivity contribution is 5.84. The second kappa shape index (κ2) is 7.22.